The topological polar surface area (TPSA) is 47.6 Å². The van der Waals surface area contributed by atoms with Crippen LogP contribution in [0, 0.1) is 6.92 Å². The first-order chi connectivity index (χ1) is 12.2. The van der Waals surface area contributed by atoms with Crippen LogP contribution in [0.25, 0.3) is 6.08 Å². The Morgan fingerprint density at radius 3 is 2.56 bits per heavy atom. The van der Waals surface area contributed by atoms with Gasteiger partial charge in [0.1, 0.15) is 13.2 Å². The number of benzene rings is 2. The second-order valence-corrected chi connectivity index (χ2v) is 6.12. The molecule has 4 nitrogen and oxygen atoms in total. The van der Waals surface area contributed by atoms with Crippen molar-refractivity contribution in [2.24, 2.45) is 0 Å². The Kier molecular flexibility index (Phi) is 5.39. The summed E-state index contributed by atoms with van der Waals surface area (Å²) in [5, 5.41) is 3.05. The molecule has 2 aromatic carbocycles. The minimum Gasteiger partial charge on any atom is -0.486 e. The lowest BCUT2D eigenvalue weighted by Gasteiger charge is -2.18. The van der Waals surface area contributed by atoms with Crippen LogP contribution in [0.15, 0.2) is 48.5 Å². The first-order valence-electron chi connectivity index (χ1n) is 8.60. The van der Waals surface area contributed by atoms with E-state index in [9.17, 15) is 4.79 Å². The second-order valence-electron chi connectivity index (χ2n) is 6.12. The van der Waals surface area contributed by atoms with Crippen LogP contribution in [0.3, 0.4) is 0 Å². The molecule has 0 radical (unpaired) electrons. The zero-order valence-corrected chi connectivity index (χ0v) is 14.6. The Morgan fingerprint density at radius 2 is 1.84 bits per heavy atom. The fourth-order valence-corrected chi connectivity index (χ4v) is 2.78. The number of hydrogen-bond donors (Lipinski definition) is 1. The number of amides is 1. The predicted molar refractivity (Wildman–Crippen MR) is 98.8 cm³/mol. The van der Waals surface area contributed by atoms with Crippen LogP contribution in [0.4, 0.5) is 0 Å². The highest BCUT2D eigenvalue weighted by molar-refractivity contribution is 5.92. The molecule has 1 N–H and O–H groups in total. The zero-order valence-electron chi connectivity index (χ0n) is 14.6. The molecule has 25 heavy (non-hydrogen) atoms. The maximum Gasteiger partial charge on any atom is 0.244 e. The molecule has 1 amide bonds. The van der Waals surface area contributed by atoms with Gasteiger partial charge in [-0.3, -0.25) is 4.79 Å². The van der Waals surface area contributed by atoms with E-state index in [4.69, 9.17) is 9.47 Å². The van der Waals surface area contributed by atoms with Crippen LogP contribution in [0.5, 0.6) is 11.5 Å². The summed E-state index contributed by atoms with van der Waals surface area (Å²) >= 11 is 0. The molecule has 0 bridgehead atoms. The van der Waals surface area contributed by atoms with E-state index in [2.05, 4.69) is 43.4 Å². The fourth-order valence-electron chi connectivity index (χ4n) is 2.78. The van der Waals surface area contributed by atoms with Gasteiger partial charge in [-0.1, -0.05) is 42.8 Å². The number of carbonyl (C=O) groups is 1. The van der Waals surface area contributed by atoms with Gasteiger partial charge >= 0.3 is 0 Å². The van der Waals surface area contributed by atoms with Crippen molar-refractivity contribution in [1.82, 2.24) is 5.32 Å². The molecule has 130 valence electrons. The first-order valence-corrected chi connectivity index (χ1v) is 8.60. The number of ether oxygens (including phenoxy) is 2. The van der Waals surface area contributed by atoms with Crippen molar-refractivity contribution in [3.8, 4) is 11.5 Å². The predicted octanol–water partition coefficient (Wildman–Crippen LogP) is 4.05. The molecule has 0 aliphatic carbocycles. The summed E-state index contributed by atoms with van der Waals surface area (Å²) in [7, 11) is 0. The summed E-state index contributed by atoms with van der Waals surface area (Å²) in [4.78, 5) is 12.3. The van der Waals surface area contributed by atoms with Crippen molar-refractivity contribution in [2.45, 2.75) is 26.3 Å². The average Bonchev–Trinajstić information content (AvgIpc) is 2.65. The molecule has 2 aromatic rings. The maximum absolute atomic E-state index is 12.3. The van der Waals surface area contributed by atoms with Gasteiger partial charge in [0.25, 0.3) is 0 Å². The van der Waals surface area contributed by atoms with Gasteiger partial charge in [-0.15, -0.1) is 0 Å². The third-order valence-electron chi connectivity index (χ3n) is 4.20. The summed E-state index contributed by atoms with van der Waals surface area (Å²) < 4.78 is 11.1. The number of aryl methyl sites for hydroxylation is 1. The molecular weight excluding hydrogens is 314 g/mol. The van der Waals surface area contributed by atoms with Crippen molar-refractivity contribution >= 4 is 12.0 Å². The van der Waals surface area contributed by atoms with Crippen molar-refractivity contribution in [3.63, 3.8) is 0 Å². The Morgan fingerprint density at radius 1 is 1.12 bits per heavy atom. The first kappa shape index (κ1) is 17.1. The van der Waals surface area contributed by atoms with Gasteiger partial charge < -0.3 is 14.8 Å². The lowest BCUT2D eigenvalue weighted by molar-refractivity contribution is -0.117. The molecule has 0 fully saturated rings. The smallest absolute Gasteiger partial charge is 0.244 e. The molecule has 0 unspecified atom stereocenters. The highest BCUT2D eigenvalue weighted by Gasteiger charge is 2.12. The Balaban J connectivity index is 1.64. The normalized spacial score (nSPS) is 14.3. The molecule has 0 saturated heterocycles. The molecular formula is C21H23NO3. The Bertz CT molecular complexity index is 765. The number of hydrogen-bond acceptors (Lipinski definition) is 3. The number of rotatable bonds is 5. The average molecular weight is 337 g/mol. The van der Waals surface area contributed by atoms with E-state index in [-0.39, 0.29) is 11.9 Å². The highest BCUT2D eigenvalue weighted by Crippen LogP contribution is 2.31. The number of nitrogens with one attached hydrogen (secondary N) is 1. The van der Waals surface area contributed by atoms with Crippen LogP contribution in [0.2, 0.25) is 0 Å². The molecule has 1 aliphatic heterocycles. The maximum atomic E-state index is 12.3. The summed E-state index contributed by atoms with van der Waals surface area (Å²) in [5.41, 5.74) is 3.24. The third-order valence-corrected chi connectivity index (χ3v) is 4.20. The minimum atomic E-state index is -0.109. The quantitative estimate of drug-likeness (QED) is 0.838. The fraction of sp³-hybridized carbons (Fsp3) is 0.286. The van der Waals surface area contributed by atoms with Crippen molar-refractivity contribution in [3.05, 3.63) is 65.2 Å². The van der Waals surface area contributed by atoms with Gasteiger partial charge in [0, 0.05) is 6.08 Å². The van der Waals surface area contributed by atoms with Crippen LogP contribution >= 0.6 is 0 Å². The van der Waals surface area contributed by atoms with Gasteiger partial charge in [0.15, 0.2) is 11.5 Å². The SMILES string of the molecule is CC[C@@H](NC(=O)/C=C/c1ccc2c(c1)OCCO2)c1ccc(C)cc1. The van der Waals surface area contributed by atoms with E-state index in [1.54, 1.807) is 12.2 Å². The number of carbonyl (C=O) groups excluding carboxylic acids is 1. The van der Waals surface area contributed by atoms with Gasteiger partial charge in [0.05, 0.1) is 6.04 Å². The zero-order chi connectivity index (χ0) is 17.6. The van der Waals surface area contributed by atoms with Crippen molar-refractivity contribution in [2.75, 3.05) is 13.2 Å². The van der Waals surface area contributed by atoms with E-state index >= 15 is 0 Å². The monoisotopic (exact) mass is 337 g/mol. The molecule has 0 spiro atoms. The van der Waals surface area contributed by atoms with Gasteiger partial charge in [-0.25, -0.2) is 0 Å². The van der Waals surface area contributed by atoms with Gasteiger partial charge in [0.2, 0.25) is 5.91 Å². The van der Waals surface area contributed by atoms with Gasteiger partial charge in [-0.2, -0.15) is 0 Å². The molecule has 0 saturated carbocycles. The molecule has 1 atom stereocenters. The highest BCUT2D eigenvalue weighted by atomic mass is 16.6. The standard InChI is InChI=1S/C21H23NO3/c1-3-18(17-8-4-15(2)5-9-17)22-21(23)11-7-16-6-10-19-20(14-16)25-13-12-24-19/h4-11,14,18H,3,12-13H2,1-2H3,(H,22,23)/b11-7+/t18-/m1/s1. The Labute approximate surface area is 148 Å². The summed E-state index contributed by atoms with van der Waals surface area (Å²) in [6.07, 6.45) is 4.18. The van der Waals surface area contributed by atoms with E-state index < -0.39 is 0 Å². The van der Waals surface area contributed by atoms with Crippen LogP contribution in [-0.4, -0.2) is 19.1 Å². The second kappa shape index (κ2) is 7.88. The minimum absolute atomic E-state index is 0.0121. The molecule has 4 heteroatoms. The van der Waals surface area contributed by atoms with Gasteiger partial charge in [-0.05, 0) is 42.7 Å². The molecule has 1 heterocycles. The largest absolute Gasteiger partial charge is 0.486 e. The lowest BCUT2D eigenvalue weighted by Crippen LogP contribution is -2.26. The Hall–Kier alpha value is -2.75. The van der Waals surface area contributed by atoms with Crippen molar-refractivity contribution in [1.29, 1.82) is 0 Å². The van der Waals surface area contributed by atoms with Crippen LogP contribution in [0.1, 0.15) is 36.1 Å². The summed E-state index contributed by atoms with van der Waals surface area (Å²) in [6.45, 7) is 5.24. The number of fused-ring (bicyclic) bond motifs is 1. The summed E-state index contributed by atoms with van der Waals surface area (Å²) in [6, 6.07) is 13.9. The lowest BCUT2D eigenvalue weighted by atomic mass is 10.0. The molecule has 1 aliphatic rings. The van der Waals surface area contributed by atoms with E-state index in [0.29, 0.717) is 13.2 Å². The molecule has 3 rings (SSSR count). The van der Waals surface area contributed by atoms with E-state index in [0.717, 1.165) is 29.0 Å². The van der Waals surface area contributed by atoms with E-state index in [1.807, 2.05) is 18.2 Å². The van der Waals surface area contributed by atoms with E-state index in [1.165, 1.54) is 5.56 Å². The summed E-state index contributed by atoms with van der Waals surface area (Å²) in [5.74, 6) is 1.36. The van der Waals surface area contributed by atoms with Crippen LogP contribution in [-0.2, 0) is 4.79 Å². The van der Waals surface area contributed by atoms with Crippen LogP contribution < -0.4 is 14.8 Å². The molecule has 0 aromatic heterocycles. The third kappa shape index (κ3) is 4.41. The van der Waals surface area contributed by atoms with Crippen molar-refractivity contribution < 1.29 is 14.3 Å².